The second-order valence-corrected chi connectivity index (χ2v) is 7.94. The lowest BCUT2D eigenvalue weighted by atomic mass is 10.1. The lowest BCUT2D eigenvalue weighted by Gasteiger charge is -2.13. The molecule has 0 saturated heterocycles. The topological polar surface area (TPSA) is 68.0 Å². The van der Waals surface area contributed by atoms with E-state index < -0.39 is 5.97 Å². The van der Waals surface area contributed by atoms with Gasteiger partial charge in [0.05, 0.1) is 5.69 Å². The Balaban J connectivity index is 2.09. The number of rotatable bonds is 7. The number of benzene rings is 1. The number of carboxylic acids is 1. The van der Waals surface area contributed by atoms with Gasteiger partial charge in [-0.15, -0.1) is 0 Å². The van der Waals surface area contributed by atoms with Gasteiger partial charge in [-0.05, 0) is 41.8 Å². The molecule has 1 N–H and O–H groups in total. The molecule has 27 heavy (non-hydrogen) atoms. The van der Waals surface area contributed by atoms with E-state index in [2.05, 4.69) is 23.8 Å². The van der Waals surface area contributed by atoms with Crippen molar-refractivity contribution in [2.45, 2.75) is 42.7 Å². The Morgan fingerprint density at radius 3 is 2.63 bits per heavy atom. The van der Waals surface area contributed by atoms with Gasteiger partial charge in [-0.25, -0.2) is 4.98 Å². The van der Waals surface area contributed by atoms with Crippen molar-refractivity contribution in [3.63, 3.8) is 0 Å². The number of hydrogen-bond acceptors (Lipinski definition) is 4. The Labute approximate surface area is 167 Å². The molecule has 2 heterocycles. The molecule has 0 fully saturated rings. The van der Waals surface area contributed by atoms with E-state index in [1.54, 1.807) is 24.2 Å². The molecule has 3 aromatic rings. The van der Waals surface area contributed by atoms with Crippen molar-refractivity contribution < 1.29 is 9.90 Å². The van der Waals surface area contributed by atoms with Crippen LogP contribution in [0.5, 0.6) is 0 Å². The molecule has 0 aliphatic rings. The van der Waals surface area contributed by atoms with E-state index in [4.69, 9.17) is 11.6 Å². The van der Waals surface area contributed by atoms with Gasteiger partial charge in [-0.1, -0.05) is 43.3 Å². The highest BCUT2D eigenvalue weighted by atomic mass is 35.5. The van der Waals surface area contributed by atoms with Crippen molar-refractivity contribution in [2.24, 2.45) is 0 Å². The van der Waals surface area contributed by atoms with Crippen LogP contribution in [0.3, 0.4) is 0 Å². The highest BCUT2D eigenvalue weighted by molar-refractivity contribution is 7.99. The Kier molecular flexibility index (Phi) is 6.19. The number of carboxylic acid groups (broad SMARTS) is 1. The van der Waals surface area contributed by atoms with E-state index in [0.29, 0.717) is 17.4 Å². The fourth-order valence-corrected chi connectivity index (χ4v) is 4.21. The van der Waals surface area contributed by atoms with Gasteiger partial charge in [0.2, 0.25) is 0 Å². The van der Waals surface area contributed by atoms with E-state index in [1.165, 1.54) is 0 Å². The van der Waals surface area contributed by atoms with Crippen molar-refractivity contribution in [3.05, 3.63) is 70.9 Å². The molecule has 1 aromatic carbocycles. The summed E-state index contributed by atoms with van der Waals surface area (Å²) in [6, 6.07) is 11.5. The SMILES string of the molecule is CC(C)c1nc(CC(=O)O)n(Cc2ccncc2)c1Sc1cccc(Cl)c1. The molecule has 0 radical (unpaired) electrons. The van der Waals surface area contributed by atoms with Crippen LogP contribution in [0.25, 0.3) is 0 Å². The summed E-state index contributed by atoms with van der Waals surface area (Å²) in [5, 5.41) is 10.9. The number of aliphatic carboxylic acids is 1. The lowest BCUT2D eigenvalue weighted by Crippen LogP contribution is -2.11. The van der Waals surface area contributed by atoms with Gasteiger partial charge < -0.3 is 9.67 Å². The van der Waals surface area contributed by atoms with Crippen molar-refractivity contribution in [3.8, 4) is 0 Å². The van der Waals surface area contributed by atoms with Crippen LogP contribution in [0.2, 0.25) is 5.02 Å². The van der Waals surface area contributed by atoms with Gasteiger partial charge in [0.1, 0.15) is 17.3 Å². The summed E-state index contributed by atoms with van der Waals surface area (Å²) in [6.07, 6.45) is 3.34. The van der Waals surface area contributed by atoms with Crippen molar-refractivity contribution in [2.75, 3.05) is 0 Å². The number of carbonyl (C=O) groups is 1. The summed E-state index contributed by atoms with van der Waals surface area (Å²) in [5.74, 6) is -0.184. The monoisotopic (exact) mass is 401 g/mol. The lowest BCUT2D eigenvalue weighted by molar-refractivity contribution is -0.136. The van der Waals surface area contributed by atoms with Crippen LogP contribution in [-0.4, -0.2) is 25.6 Å². The second kappa shape index (κ2) is 8.59. The smallest absolute Gasteiger partial charge is 0.311 e. The minimum absolute atomic E-state index is 0.124. The van der Waals surface area contributed by atoms with Crippen LogP contribution in [0, 0.1) is 0 Å². The summed E-state index contributed by atoms with van der Waals surface area (Å²) in [6.45, 7) is 4.66. The molecule has 0 spiro atoms. The highest BCUT2D eigenvalue weighted by Crippen LogP contribution is 2.36. The third-order valence-corrected chi connectivity index (χ3v) is 5.33. The number of imidazole rings is 1. The molecular formula is C20H20ClN3O2S. The molecule has 140 valence electrons. The number of nitrogens with zero attached hydrogens (tertiary/aromatic N) is 3. The first-order valence-corrected chi connectivity index (χ1v) is 9.77. The Bertz CT molecular complexity index is 942. The predicted molar refractivity (Wildman–Crippen MR) is 107 cm³/mol. The zero-order chi connectivity index (χ0) is 19.4. The molecule has 0 aliphatic heterocycles. The number of hydrogen-bond donors (Lipinski definition) is 1. The van der Waals surface area contributed by atoms with Crippen LogP contribution < -0.4 is 0 Å². The molecule has 0 amide bonds. The van der Waals surface area contributed by atoms with Gasteiger partial charge in [0.25, 0.3) is 0 Å². The fourth-order valence-electron chi connectivity index (χ4n) is 2.73. The average Bonchev–Trinajstić information content (AvgIpc) is 2.93. The van der Waals surface area contributed by atoms with Gasteiger partial charge in [0.15, 0.2) is 0 Å². The van der Waals surface area contributed by atoms with E-state index in [1.807, 2.05) is 41.0 Å². The molecule has 0 bridgehead atoms. The van der Waals surface area contributed by atoms with Crippen LogP contribution in [0.4, 0.5) is 0 Å². The molecule has 0 aliphatic carbocycles. The molecular weight excluding hydrogens is 382 g/mol. The van der Waals surface area contributed by atoms with Gasteiger partial charge in [-0.2, -0.15) is 0 Å². The number of halogens is 1. The molecule has 0 saturated carbocycles. The fraction of sp³-hybridized carbons (Fsp3) is 0.250. The second-order valence-electron chi connectivity index (χ2n) is 6.44. The zero-order valence-corrected chi connectivity index (χ0v) is 16.7. The summed E-state index contributed by atoms with van der Waals surface area (Å²) in [4.78, 5) is 21.1. The molecule has 0 unspecified atom stereocenters. The van der Waals surface area contributed by atoms with Crippen LogP contribution >= 0.6 is 23.4 Å². The zero-order valence-electron chi connectivity index (χ0n) is 15.1. The third-order valence-electron chi connectivity index (χ3n) is 3.98. The summed E-state index contributed by atoms with van der Waals surface area (Å²) < 4.78 is 1.99. The largest absolute Gasteiger partial charge is 0.481 e. The number of aromatic nitrogens is 3. The first-order chi connectivity index (χ1) is 12.9. The normalized spacial score (nSPS) is 11.1. The third kappa shape index (κ3) is 4.90. The Hall–Kier alpha value is -2.31. The predicted octanol–water partition coefficient (Wildman–Crippen LogP) is 4.88. The van der Waals surface area contributed by atoms with Crippen molar-refractivity contribution in [1.82, 2.24) is 14.5 Å². The van der Waals surface area contributed by atoms with E-state index >= 15 is 0 Å². The maximum absolute atomic E-state index is 11.4. The van der Waals surface area contributed by atoms with E-state index in [0.717, 1.165) is 21.2 Å². The molecule has 2 aromatic heterocycles. The Morgan fingerprint density at radius 2 is 2.00 bits per heavy atom. The minimum Gasteiger partial charge on any atom is -0.481 e. The average molecular weight is 402 g/mol. The highest BCUT2D eigenvalue weighted by Gasteiger charge is 2.22. The van der Waals surface area contributed by atoms with Gasteiger partial charge >= 0.3 is 5.97 Å². The molecule has 5 nitrogen and oxygen atoms in total. The Morgan fingerprint density at radius 1 is 1.26 bits per heavy atom. The summed E-state index contributed by atoms with van der Waals surface area (Å²) >= 11 is 7.69. The van der Waals surface area contributed by atoms with Crippen LogP contribution in [0.1, 0.15) is 36.8 Å². The van der Waals surface area contributed by atoms with Crippen molar-refractivity contribution in [1.29, 1.82) is 0 Å². The molecule has 0 atom stereocenters. The minimum atomic E-state index is -0.898. The first-order valence-electron chi connectivity index (χ1n) is 8.57. The van der Waals surface area contributed by atoms with E-state index in [9.17, 15) is 9.90 Å². The molecule has 3 rings (SSSR count). The van der Waals surface area contributed by atoms with Crippen LogP contribution in [0.15, 0.2) is 58.7 Å². The standard InChI is InChI=1S/C20H20ClN3O2S/c1-13(2)19-20(27-16-5-3-4-15(21)10-16)24(17(23-19)11-18(25)26)12-14-6-8-22-9-7-14/h3-10,13H,11-12H2,1-2H3,(H,25,26). The maximum Gasteiger partial charge on any atom is 0.311 e. The summed E-state index contributed by atoms with van der Waals surface area (Å²) in [5.41, 5.74) is 1.93. The van der Waals surface area contributed by atoms with Gasteiger partial charge in [0, 0.05) is 28.9 Å². The maximum atomic E-state index is 11.4. The van der Waals surface area contributed by atoms with E-state index in [-0.39, 0.29) is 12.3 Å². The number of pyridine rings is 1. The first kappa shape index (κ1) is 19.5. The van der Waals surface area contributed by atoms with Crippen LogP contribution in [-0.2, 0) is 17.8 Å². The van der Waals surface area contributed by atoms with Gasteiger partial charge in [-0.3, -0.25) is 9.78 Å². The quantitative estimate of drug-likeness (QED) is 0.611. The summed E-state index contributed by atoms with van der Waals surface area (Å²) in [7, 11) is 0. The van der Waals surface area contributed by atoms with Crippen molar-refractivity contribution >= 4 is 29.3 Å². The molecule has 7 heteroatoms.